The van der Waals surface area contributed by atoms with E-state index in [1.54, 1.807) is 18.2 Å². The lowest BCUT2D eigenvalue weighted by Gasteiger charge is -2.14. The van der Waals surface area contributed by atoms with Crippen molar-refractivity contribution in [3.05, 3.63) is 44.8 Å². The average molecular weight is 387 g/mol. The Morgan fingerprint density at radius 3 is 2.67 bits per heavy atom. The molecule has 0 saturated heterocycles. The van der Waals surface area contributed by atoms with E-state index in [0.717, 1.165) is 5.56 Å². The van der Waals surface area contributed by atoms with Crippen LogP contribution in [0.2, 0.25) is 15.3 Å². The number of esters is 1. The van der Waals surface area contributed by atoms with Gasteiger partial charge in [0.15, 0.2) is 16.9 Å². The molecular weight excluding hydrogens is 377 g/mol. The molecule has 7 nitrogen and oxygen atoms in total. The Labute approximate surface area is 151 Å². The number of methoxy groups -OCH3 is 1. The quantitative estimate of drug-likeness (QED) is 0.505. The van der Waals surface area contributed by atoms with Crippen molar-refractivity contribution in [2.45, 2.75) is 13.0 Å². The lowest BCUT2D eigenvalue weighted by molar-refractivity contribution is 0.0596. The first-order valence-corrected chi connectivity index (χ1v) is 7.87. The van der Waals surface area contributed by atoms with Gasteiger partial charge < -0.3 is 4.74 Å². The van der Waals surface area contributed by atoms with Gasteiger partial charge in [-0.15, -0.1) is 5.10 Å². The van der Waals surface area contributed by atoms with Gasteiger partial charge in [0, 0.05) is 10.0 Å². The molecule has 124 valence electrons. The third-order valence-electron chi connectivity index (χ3n) is 3.45. The number of ether oxygens (including phenoxy) is 1. The summed E-state index contributed by atoms with van der Waals surface area (Å²) in [7, 11) is 1.24. The van der Waals surface area contributed by atoms with Crippen molar-refractivity contribution in [1.82, 2.24) is 25.0 Å². The summed E-state index contributed by atoms with van der Waals surface area (Å²) in [5.74, 6) is -0.673. The van der Waals surface area contributed by atoms with E-state index in [4.69, 9.17) is 34.8 Å². The fourth-order valence-electron chi connectivity index (χ4n) is 2.28. The molecule has 0 saturated carbocycles. The summed E-state index contributed by atoms with van der Waals surface area (Å²) in [6.07, 6.45) is 0. The summed E-state index contributed by atoms with van der Waals surface area (Å²) in [5.41, 5.74) is 1.22. The molecule has 0 spiro atoms. The molecule has 3 rings (SSSR count). The summed E-state index contributed by atoms with van der Waals surface area (Å²) >= 11 is 18.1. The maximum absolute atomic E-state index is 11.8. The molecule has 0 aliphatic carbocycles. The number of hydrogen-bond donors (Lipinski definition) is 0. The molecule has 2 aromatic heterocycles. The highest BCUT2D eigenvalue weighted by molar-refractivity contribution is 6.35. The molecule has 0 aliphatic rings. The molecule has 0 N–H and O–H groups in total. The van der Waals surface area contributed by atoms with E-state index in [0.29, 0.717) is 15.7 Å². The highest BCUT2D eigenvalue weighted by atomic mass is 35.5. The van der Waals surface area contributed by atoms with Crippen LogP contribution in [0.5, 0.6) is 0 Å². The number of rotatable bonds is 3. The number of fused-ring (bicyclic) bond motifs is 1. The number of benzene rings is 1. The molecule has 1 atom stereocenters. The van der Waals surface area contributed by atoms with Crippen molar-refractivity contribution in [3.8, 4) is 0 Å². The predicted octanol–water partition coefficient (Wildman–Crippen LogP) is 3.58. The van der Waals surface area contributed by atoms with Crippen molar-refractivity contribution in [3.63, 3.8) is 0 Å². The third kappa shape index (κ3) is 2.90. The molecule has 0 amide bonds. The number of carbonyl (C=O) groups excluding carboxylic acids is 1. The lowest BCUT2D eigenvalue weighted by Crippen LogP contribution is -2.11. The lowest BCUT2D eigenvalue weighted by atomic mass is 10.1. The monoisotopic (exact) mass is 385 g/mol. The van der Waals surface area contributed by atoms with E-state index in [1.807, 2.05) is 6.92 Å². The maximum Gasteiger partial charge on any atom is 0.359 e. The minimum absolute atomic E-state index is 0.0480. The summed E-state index contributed by atoms with van der Waals surface area (Å²) in [5, 5.41) is 8.94. The Morgan fingerprint density at radius 1 is 1.25 bits per heavy atom. The van der Waals surface area contributed by atoms with Gasteiger partial charge in [-0.05, 0) is 36.2 Å². The van der Waals surface area contributed by atoms with E-state index in [-0.39, 0.29) is 22.5 Å². The van der Waals surface area contributed by atoms with Crippen molar-refractivity contribution >= 4 is 51.9 Å². The molecular formula is C14H10Cl3N5O2. The molecule has 0 aliphatic heterocycles. The Kier molecular flexibility index (Phi) is 4.58. The first-order chi connectivity index (χ1) is 11.4. The Hall–Kier alpha value is -1.96. The standard InChI is InChI=1S/C14H10Cl3N5O2/c1-6(8-4-3-7(15)5-9(8)16)22-12-10(20-21-22)11(13(23)24-2)18-14(17)19-12/h3-6H,1-2H3/t6-/m1/s1. The largest absolute Gasteiger partial charge is 0.464 e. The van der Waals surface area contributed by atoms with Crippen molar-refractivity contribution in [2.75, 3.05) is 7.11 Å². The number of carbonyl (C=O) groups is 1. The van der Waals surface area contributed by atoms with Crippen LogP contribution in [0, 0.1) is 0 Å². The van der Waals surface area contributed by atoms with E-state index < -0.39 is 5.97 Å². The van der Waals surface area contributed by atoms with Gasteiger partial charge in [0.05, 0.1) is 13.2 Å². The van der Waals surface area contributed by atoms with Gasteiger partial charge in [0.25, 0.3) is 0 Å². The Balaban J connectivity index is 2.17. The van der Waals surface area contributed by atoms with Crippen LogP contribution < -0.4 is 0 Å². The van der Waals surface area contributed by atoms with Crippen LogP contribution in [0.4, 0.5) is 0 Å². The van der Waals surface area contributed by atoms with Crippen LogP contribution in [0.15, 0.2) is 18.2 Å². The van der Waals surface area contributed by atoms with Gasteiger partial charge in [-0.25, -0.2) is 14.5 Å². The second kappa shape index (κ2) is 6.51. The zero-order chi connectivity index (χ0) is 17.4. The van der Waals surface area contributed by atoms with Gasteiger partial charge in [-0.1, -0.05) is 34.5 Å². The van der Waals surface area contributed by atoms with Crippen LogP contribution in [-0.4, -0.2) is 38.0 Å². The highest BCUT2D eigenvalue weighted by Gasteiger charge is 2.23. The fraction of sp³-hybridized carbons (Fsp3) is 0.214. The molecule has 10 heteroatoms. The summed E-state index contributed by atoms with van der Waals surface area (Å²) in [4.78, 5) is 19.8. The molecule has 0 unspecified atom stereocenters. The number of aromatic nitrogens is 5. The minimum Gasteiger partial charge on any atom is -0.464 e. The summed E-state index contributed by atoms with van der Waals surface area (Å²) in [6.45, 7) is 1.86. The predicted molar refractivity (Wildman–Crippen MR) is 89.7 cm³/mol. The maximum atomic E-state index is 11.8. The third-order valence-corrected chi connectivity index (χ3v) is 4.19. The van der Waals surface area contributed by atoms with Crippen LogP contribution in [0.3, 0.4) is 0 Å². The van der Waals surface area contributed by atoms with Crippen molar-refractivity contribution in [1.29, 1.82) is 0 Å². The second-order valence-electron chi connectivity index (χ2n) is 4.88. The van der Waals surface area contributed by atoms with Crippen molar-refractivity contribution < 1.29 is 9.53 Å². The molecule has 2 heterocycles. The summed E-state index contributed by atoms with van der Waals surface area (Å²) in [6, 6.07) is 4.82. The first-order valence-electron chi connectivity index (χ1n) is 6.74. The SMILES string of the molecule is COC(=O)c1nc(Cl)nc2c1nnn2[C@H](C)c1ccc(Cl)cc1Cl. The average Bonchev–Trinajstić information content (AvgIpc) is 2.96. The zero-order valence-electron chi connectivity index (χ0n) is 12.5. The van der Waals surface area contributed by atoms with Gasteiger partial charge in [-0.3, -0.25) is 0 Å². The van der Waals surface area contributed by atoms with Gasteiger partial charge in [0.1, 0.15) is 0 Å². The first kappa shape index (κ1) is 16.9. The molecule has 1 aromatic carbocycles. The van der Waals surface area contributed by atoms with Crippen molar-refractivity contribution in [2.24, 2.45) is 0 Å². The molecule has 24 heavy (non-hydrogen) atoms. The molecule has 0 fully saturated rings. The van der Waals surface area contributed by atoms with Crippen LogP contribution in [0.25, 0.3) is 11.2 Å². The number of hydrogen-bond acceptors (Lipinski definition) is 6. The van der Waals surface area contributed by atoms with Gasteiger partial charge in [-0.2, -0.15) is 4.98 Å². The van der Waals surface area contributed by atoms with Crippen LogP contribution >= 0.6 is 34.8 Å². The molecule has 0 bridgehead atoms. The van der Waals surface area contributed by atoms with E-state index >= 15 is 0 Å². The van der Waals surface area contributed by atoms with E-state index in [2.05, 4.69) is 25.0 Å². The smallest absolute Gasteiger partial charge is 0.359 e. The number of halogens is 3. The minimum atomic E-state index is -0.673. The van der Waals surface area contributed by atoms with Crippen LogP contribution in [-0.2, 0) is 4.74 Å². The van der Waals surface area contributed by atoms with E-state index in [1.165, 1.54) is 11.8 Å². The Bertz CT molecular complexity index is 944. The van der Waals surface area contributed by atoms with Gasteiger partial charge in [0.2, 0.25) is 5.28 Å². The normalized spacial score (nSPS) is 12.4. The number of nitrogens with zero attached hydrogens (tertiary/aromatic N) is 5. The second-order valence-corrected chi connectivity index (χ2v) is 6.06. The zero-order valence-corrected chi connectivity index (χ0v) is 14.8. The van der Waals surface area contributed by atoms with E-state index in [9.17, 15) is 4.79 Å². The molecule has 3 aromatic rings. The topological polar surface area (TPSA) is 82.8 Å². The molecule has 0 radical (unpaired) electrons. The fourth-order valence-corrected chi connectivity index (χ4v) is 3.01. The highest BCUT2D eigenvalue weighted by Crippen LogP contribution is 2.30. The summed E-state index contributed by atoms with van der Waals surface area (Å²) < 4.78 is 6.19. The van der Waals surface area contributed by atoms with Crippen LogP contribution in [0.1, 0.15) is 29.0 Å². The Morgan fingerprint density at radius 2 is 2.00 bits per heavy atom. The van der Waals surface area contributed by atoms with Gasteiger partial charge >= 0.3 is 5.97 Å².